The first-order chi connectivity index (χ1) is 10.2. The summed E-state index contributed by atoms with van der Waals surface area (Å²) >= 11 is 0. The minimum Gasteiger partial charge on any atom is -0.492 e. The Hall–Kier alpha value is -1.66. The molecule has 2 atom stereocenters. The highest BCUT2D eigenvalue weighted by Crippen LogP contribution is 2.17. The summed E-state index contributed by atoms with van der Waals surface area (Å²) in [5.74, 6) is 0.210. The molecule has 3 N–H and O–H groups in total. The van der Waals surface area contributed by atoms with Gasteiger partial charge in [-0.05, 0) is 25.0 Å². The number of halogens is 1. The molecule has 6 heteroatoms. The van der Waals surface area contributed by atoms with Gasteiger partial charge in [-0.2, -0.15) is 0 Å². The van der Waals surface area contributed by atoms with Crippen molar-refractivity contribution in [3.8, 4) is 5.75 Å². The normalized spacial score (nSPS) is 20.2. The Kier molecular flexibility index (Phi) is 5.95. The van der Waals surface area contributed by atoms with Crippen molar-refractivity contribution < 1.29 is 13.9 Å². The maximum absolute atomic E-state index is 13.1. The van der Waals surface area contributed by atoms with E-state index in [1.165, 1.54) is 12.1 Å². The first kappa shape index (κ1) is 15.7. The van der Waals surface area contributed by atoms with E-state index in [1.807, 2.05) is 0 Å². The van der Waals surface area contributed by atoms with Crippen LogP contribution >= 0.6 is 0 Å². The van der Waals surface area contributed by atoms with Crippen LogP contribution in [0.25, 0.3) is 0 Å². The van der Waals surface area contributed by atoms with Crippen LogP contribution < -0.4 is 15.8 Å². The monoisotopic (exact) mass is 295 g/mol. The summed E-state index contributed by atoms with van der Waals surface area (Å²) in [5, 5.41) is 2.67. The van der Waals surface area contributed by atoms with Crippen LogP contribution in [0.4, 0.5) is 4.39 Å². The van der Waals surface area contributed by atoms with Gasteiger partial charge in [-0.1, -0.05) is 6.07 Å². The SMILES string of the molecule is NC1CCN(C(CCNC=O)COc2cccc(F)c2)C1. The molecule has 1 fully saturated rings. The van der Waals surface area contributed by atoms with E-state index in [0.29, 0.717) is 25.3 Å². The molecule has 0 radical (unpaired) electrons. The average Bonchev–Trinajstić information content (AvgIpc) is 2.89. The van der Waals surface area contributed by atoms with E-state index in [0.717, 1.165) is 25.9 Å². The quantitative estimate of drug-likeness (QED) is 0.548. The molecule has 0 saturated carbocycles. The van der Waals surface area contributed by atoms with Crippen LogP contribution in [-0.4, -0.2) is 49.6 Å². The molecule has 1 aromatic carbocycles. The van der Waals surface area contributed by atoms with E-state index < -0.39 is 0 Å². The standard InChI is InChI=1S/C15H22FN3O2/c16-12-2-1-3-15(8-12)21-10-14(4-6-18-11-20)19-7-5-13(17)9-19/h1-3,8,11,13-14H,4-7,9-10,17H2,(H,18,20). The van der Waals surface area contributed by atoms with E-state index in [-0.39, 0.29) is 17.9 Å². The third-order valence-corrected chi connectivity index (χ3v) is 3.72. The van der Waals surface area contributed by atoms with E-state index in [4.69, 9.17) is 10.5 Å². The molecular weight excluding hydrogens is 273 g/mol. The van der Waals surface area contributed by atoms with Gasteiger partial charge in [-0.15, -0.1) is 0 Å². The Morgan fingerprint density at radius 2 is 2.43 bits per heavy atom. The number of carbonyl (C=O) groups excluding carboxylic acids is 1. The Labute approximate surface area is 124 Å². The topological polar surface area (TPSA) is 67.6 Å². The second-order valence-corrected chi connectivity index (χ2v) is 5.33. The summed E-state index contributed by atoms with van der Waals surface area (Å²) in [5.41, 5.74) is 5.94. The number of hydrogen-bond acceptors (Lipinski definition) is 4. The zero-order valence-electron chi connectivity index (χ0n) is 12.0. The zero-order valence-corrected chi connectivity index (χ0v) is 12.0. The number of ether oxygens (including phenoxy) is 1. The van der Waals surface area contributed by atoms with Crippen molar-refractivity contribution in [2.24, 2.45) is 5.73 Å². The number of likely N-dealkylation sites (tertiary alicyclic amines) is 1. The lowest BCUT2D eigenvalue weighted by atomic mass is 10.2. The number of amides is 1. The fourth-order valence-electron chi connectivity index (χ4n) is 2.58. The summed E-state index contributed by atoms with van der Waals surface area (Å²) in [6, 6.07) is 6.47. The highest BCUT2D eigenvalue weighted by atomic mass is 19.1. The van der Waals surface area contributed by atoms with Gasteiger partial charge >= 0.3 is 0 Å². The van der Waals surface area contributed by atoms with Crippen molar-refractivity contribution in [1.82, 2.24) is 10.2 Å². The second-order valence-electron chi connectivity index (χ2n) is 5.33. The lowest BCUT2D eigenvalue weighted by Crippen LogP contribution is -2.41. The molecule has 2 rings (SSSR count). The van der Waals surface area contributed by atoms with Crippen molar-refractivity contribution in [1.29, 1.82) is 0 Å². The predicted molar refractivity (Wildman–Crippen MR) is 78.5 cm³/mol. The summed E-state index contributed by atoms with van der Waals surface area (Å²) in [7, 11) is 0. The van der Waals surface area contributed by atoms with Crippen LogP contribution in [0, 0.1) is 5.82 Å². The number of benzene rings is 1. The van der Waals surface area contributed by atoms with Gasteiger partial charge in [0.15, 0.2) is 0 Å². The van der Waals surface area contributed by atoms with E-state index in [1.54, 1.807) is 12.1 Å². The summed E-state index contributed by atoms with van der Waals surface area (Å²) in [6.07, 6.45) is 2.44. The summed E-state index contributed by atoms with van der Waals surface area (Å²) < 4.78 is 18.8. The van der Waals surface area contributed by atoms with Gasteiger partial charge < -0.3 is 15.8 Å². The van der Waals surface area contributed by atoms with Crippen molar-refractivity contribution in [3.63, 3.8) is 0 Å². The Morgan fingerprint density at radius 1 is 1.57 bits per heavy atom. The van der Waals surface area contributed by atoms with Crippen LogP contribution in [0.5, 0.6) is 5.75 Å². The predicted octanol–water partition coefficient (Wildman–Crippen LogP) is 0.742. The van der Waals surface area contributed by atoms with Crippen LogP contribution in [0.3, 0.4) is 0 Å². The number of rotatable bonds is 8. The molecule has 0 spiro atoms. The molecule has 1 saturated heterocycles. The van der Waals surface area contributed by atoms with E-state index >= 15 is 0 Å². The third kappa shape index (κ3) is 4.99. The molecule has 1 aliphatic heterocycles. The zero-order chi connectivity index (χ0) is 15.1. The van der Waals surface area contributed by atoms with Crippen LogP contribution in [0.1, 0.15) is 12.8 Å². The Balaban J connectivity index is 1.89. The molecular formula is C15H22FN3O2. The lowest BCUT2D eigenvalue weighted by molar-refractivity contribution is -0.109. The molecule has 0 aliphatic carbocycles. The fraction of sp³-hybridized carbons (Fsp3) is 0.533. The van der Waals surface area contributed by atoms with Crippen molar-refractivity contribution in [2.45, 2.75) is 24.9 Å². The Bertz CT molecular complexity index is 458. The summed E-state index contributed by atoms with van der Waals surface area (Å²) in [6.45, 7) is 2.81. The minimum atomic E-state index is -0.310. The first-order valence-corrected chi connectivity index (χ1v) is 7.24. The second kappa shape index (κ2) is 7.95. The van der Waals surface area contributed by atoms with Crippen molar-refractivity contribution in [3.05, 3.63) is 30.1 Å². The Morgan fingerprint density at radius 3 is 3.10 bits per heavy atom. The molecule has 1 aromatic rings. The number of nitrogens with one attached hydrogen (secondary N) is 1. The molecule has 0 bridgehead atoms. The van der Waals surface area contributed by atoms with Gasteiger partial charge in [0, 0.05) is 37.8 Å². The molecule has 1 heterocycles. The fourth-order valence-corrected chi connectivity index (χ4v) is 2.58. The molecule has 21 heavy (non-hydrogen) atoms. The minimum absolute atomic E-state index is 0.161. The number of hydrogen-bond donors (Lipinski definition) is 2. The molecule has 5 nitrogen and oxygen atoms in total. The van der Waals surface area contributed by atoms with Crippen molar-refractivity contribution in [2.75, 3.05) is 26.2 Å². The highest BCUT2D eigenvalue weighted by Gasteiger charge is 2.26. The number of nitrogens with two attached hydrogens (primary N) is 1. The maximum Gasteiger partial charge on any atom is 0.207 e. The van der Waals surface area contributed by atoms with Crippen molar-refractivity contribution >= 4 is 6.41 Å². The van der Waals surface area contributed by atoms with Gasteiger partial charge in [0.25, 0.3) is 0 Å². The first-order valence-electron chi connectivity index (χ1n) is 7.24. The van der Waals surface area contributed by atoms with E-state index in [2.05, 4.69) is 10.2 Å². The largest absolute Gasteiger partial charge is 0.492 e. The highest BCUT2D eigenvalue weighted by molar-refractivity contribution is 5.45. The molecule has 1 amide bonds. The van der Waals surface area contributed by atoms with Crippen LogP contribution in [0.2, 0.25) is 0 Å². The smallest absolute Gasteiger partial charge is 0.207 e. The van der Waals surface area contributed by atoms with Gasteiger partial charge in [-0.3, -0.25) is 9.69 Å². The van der Waals surface area contributed by atoms with Gasteiger partial charge in [-0.25, -0.2) is 4.39 Å². The molecule has 2 unspecified atom stereocenters. The van der Waals surface area contributed by atoms with Crippen LogP contribution in [-0.2, 0) is 4.79 Å². The van der Waals surface area contributed by atoms with Crippen LogP contribution in [0.15, 0.2) is 24.3 Å². The number of carbonyl (C=O) groups is 1. The third-order valence-electron chi connectivity index (χ3n) is 3.72. The maximum atomic E-state index is 13.1. The number of nitrogens with zero attached hydrogens (tertiary/aromatic N) is 1. The molecule has 116 valence electrons. The molecule has 0 aromatic heterocycles. The lowest BCUT2D eigenvalue weighted by Gasteiger charge is -2.27. The summed E-state index contributed by atoms with van der Waals surface area (Å²) in [4.78, 5) is 12.6. The van der Waals surface area contributed by atoms with Gasteiger partial charge in [0.05, 0.1) is 0 Å². The molecule has 1 aliphatic rings. The van der Waals surface area contributed by atoms with Gasteiger partial charge in [0.1, 0.15) is 18.2 Å². The average molecular weight is 295 g/mol. The van der Waals surface area contributed by atoms with E-state index in [9.17, 15) is 9.18 Å². The van der Waals surface area contributed by atoms with Gasteiger partial charge in [0.2, 0.25) is 6.41 Å².